The summed E-state index contributed by atoms with van der Waals surface area (Å²) in [5, 5.41) is 0. The van der Waals surface area contributed by atoms with Gasteiger partial charge in [0.2, 0.25) is 10.0 Å². The molecule has 19 heavy (non-hydrogen) atoms. The molecule has 2 rings (SSSR count). The molecule has 1 aromatic carbocycles. The average molecular weight is 282 g/mol. The molecule has 0 radical (unpaired) electrons. The molecule has 0 bridgehead atoms. The molecule has 1 aromatic rings. The largest absolute Gasteiger partial charge is 0.399 e. The zero-order valence-electron chi connectivity index (χ0n) is 11.6. The monoisotopic (exact) mass is 282 g/mol. The van der Waals surface area contributed by atoms with Crippen LogP contribution in [0.25, 0.3) is 0 Å². The van der Waals surface area contributed by atoms with Gasteiger partial charge in [-0.2, -0.15) is 4.31 Å². The van der Waals surface area contributed by atoms with Crippen LogP contribution >= 0.6 is 0 Å². The first-order valence-corrected chi connectivity index (χ1v) is 8.24. The van der Waals surface area contributed by atoms with Gasteiger partial charge >= 0.3 is 0 Å². The summed E-state index contributed by atoms with van der Waals surface area (Å²) in [7, 11) is -3.43. The summed E-state index contributed by atoms with van der Waals surface area (Å²) in [5.41, 5.74) is 7.15. The normalized spacial score (nSPS) is 22.1. The molecule has 0 aliphatic carbocycles. The quantitative estimate of drug-likeness (QED) is 0.848. The lowest BCUT2D eigenvalue weighted by Crippen LogP contribution is -2.38. The Morgan fingerprint density at radius 3 is 2.63 bits per heavy atom. The Bertz CT molecular complexity index is 534. The predicted octanol–water partition coefficient (Wildman–Crippen LogP) is 2.53. The molecule has 2 N–H and O–H groups in total. The highest BCUT2D eigenvalue weighted by molar-refractivity contribution is 7.89. The van der Waals surface area contributed by atoms with E-state index in [4.69, 9.17) is 5.73 Å². The van der Waals surface area contributed by atoms with Crippen LogP contribution in [0.2, 0.25) is 0 Å². The second-order valence-electron chi connectivity index (χ2n) is 5.39. The third-order valence-corrected chi connectivity index (χ3v) is 5.66. The summed E-state index contributed by atoms with van der Waals surface area (Å²) < 4.78 is 27.1. The molecule has 1 unspecified atom stereocenters. The van der Waals surface area contributed by atoms with Crippen LogP contribution in [-0.2, 0) is 10.0 Å². The van der Waals surface area contributed by atoms with Crippen molar-refractivity contribution in [3.63, 3.8) is 0 Å². The SMILES string of the molecule is Cc1cc(N)cc(S(=O)(=O)N2CCCCCC2C)c1. The Balaban J connectivity index is 2.40. The molecular formula is C14H22N2O2S. The molecule has 0 aromatic heterocycles. The minimum absolute atomic E-state index is 0.0641. The summed E-state index contributed by atoms with van der Waals surface area (Å²) in [5.74, 6) is 0. The zero-order valence-corrected chi connectivity index (χ0v) is 12.4. The van der Waals surface area contributed by atoms with E-state index in [-0.39, 0.29) is 6.04 Å². The fraction of sp³-hybridized carbons (Fsp3) is 0.571. The Labute approximate surface area is 115 Å². The molecule has 1 saturated heterocycles. The van der Waals surface area contributed by atoms with Crippen molar-refractivity contribution >= 4 is 15.7 Å². The number of nitrogens with two attached hydrogens (primary N) is 1. The number of hydrogen-bond acceptors (Lipinski definition) is 3. The van der Waals surface area contributed by atoms with Crippen LogP contribution in [0.5, 0.6) is 0 Å². The number of nitrogen functional groups attached to an aromatic ring is 1. The average Bonchev–Trinajstić information content (AvgIpc) is 2.52. The molecule has 1 aliphatic rings. The molecule has 1 atom stereocenters. The van der Waals surface area contributed by atoms with Gasteiger partial charge < -0.3 is 5.73 Å². The van der Waals surface area contributed by atoms with Crippen molar-refractivity contribution in [2.24, 2.45) is 0 Å². The van der Waals surface area contributed by atoms with Gasteiger partial charge in [-0.05, 0) is 50.5 Å². The Morgan fingerprint density at radius 1 is 1.21 bits per heavy atom. The topological polar surface area (TPSA) is 63.4 Å². The molecule has 1 fully saturated rings. The first-order chi connectivity index (χ1) is 8.91. The third-order valence-electron chi connectivity index (χ3n) is 3.67. The molecular weight excluding hydrogens is 260 g/mol. The highest BCUT2D eigenvalue weighted by Crippen LogP contribution is 2.26. The Kier molecular flexibility index (Phi) is 4.16. The van der Waals surface area contributed by atoms with Crippen LogP contribution in [0.1, 0.15) is 38.2 Å². The van der Waals surface area contributed by atoms with Crippen molar-refractivity contribution < 1.29 is 8.42 Å². The second-order valence-corrected chi connectivity index (χ2v) is 7.28. The van der Waals surface area contributed by atoms with Gasteiger partial charge in [0.25, 0.3) is 0 Å². The molecule has 0 amide bonds. The number of anilines is 1. The standard InChI is InChI=1S/C14H22N2O2S/c1-11-8-13(15)10-14(9-11)19(17,18)16-7-5-3-4-6-12(16)2/h8-10,12H,3-7,15H2,1-2H3. The Hall–Kier alpha value is -1.07. The van der Waals surface area contributed by atoms with Crippen LogP contribution in [0.3, 0.4) is 0 Å². The number of sulfonamides is 1. The smallest absolute Gasteiger partial charge is 0.243 e. The van der Waals surface area contributed by atoms with Gasteiger partial charge in [-0.15, -0.1) is 0 Å². The van der Waals surface area contributed by atoms with Crippen LogP contribution in [0.4, 0.5) is 5.69 Å². The van der Waals surface area contributed by atoms with E-state index in [9.17, 15) is 8.42 Å². The van der Waals surface area contributed by atoms with Crippen molar-refractivity contribution in [1.82, 2.24) is 4.31 Å². The van der Waals surface area contributed by atoms with E-state index in [0.717, 1.165) is 31.2 Å². The molecule has 5 heteroatoms. The van der Waals surface area contributed by atoms with Crippen LogP contribution in [0, 0.1) is 6.92 Å². The summed E-state index contributed by atoms with van der Waals surface area (Å²) in [6.07, 6.45) is 4.07. The van der Waals surface area contributed by atoms with Crippen molar-refractivity contribution in [1.29, 1.82) is 0 Å². The van der Waals surface area contributed by atoms with E-state index in [1.54, 1.807) is 22.5 Å². The molecule has 4 nitrogen and oxygen atoms in total. The highest BCUT2D eigenvalue weighted by atomic mass is 32.2. The van der Waals surface area contributed by atoms with E-state index in [0.29, 0.717) is 17.1 Å². The first-order valence-electron chi connectivity index (χ1n) is 6.80. The van der Waals surface area contributed by atoms with Crippen molar-refractivity contribution in [2.45, 2.75) is 50.5 Å². The minimum Gasteiger partial charge on any atom is -0.399 e. The number of benzene rings is 1. The van der Waals surface area contributed by atoms with Gasteiger partial charge in [0.1, 0.15) is 0 Å². The van der Waals surface area contributed by atoms with Gasteiger partial charge in [0.15, 0.2) is 0 Å². The lowest BCUT2D eigenvalue weighted by Gasteiger charge is -2.26. The maximum absolute atomic E-state index is 12.7. The zero-order chi connectivity index (χ0) is 14.0. The molecule has 0 saturated carbocycles. The van der Waals surface area contributed by atoms with E-state index in [2.05, 4.69) is 0 Å². The first kappa shape index (κ1) is 14.3. The van der Waals surface area contributed by atoms with E-state index in [1.807, 2.05) is 13.8 Å². The maximum atomic E-state index is 12.7. The van der Waals surface area contributed by atoms with Gasteiger partial charge in [0, 0.05) is 18.3 Å². The maximum Gasteiger partial charge on any atom is 0.243 e. The summed E-state index contributed by atoms with van der Waals surface area (Å²) >= 11 is 0. The summed E-state index contributed by atoms with van der Waals surface area (Å²) in [4.78, 5) is 0.318. The third kappa shape index (κ3) is 3.09. The molecule has 0 spiro atoms. The lowest BCUT2D eigenvalue weighted by molar-refractivity contribution is 0.342. The van der Waals surface area contributed by atoms with E-state index >= 15 is 0 Å². The highest BCUT2D eigenvalue weighted by Gasteiger charge is 2.30. The second kappa shape index (κ2) is 5.51. The van der Waals surface area contributed by atoms with E-state index in [1.165, 1.54) is 0 Å². The summed E-state index contributed by atoms with van der Waals surface area (Å²) in [6, 6.07) is 5.10. The molecule has 1 aliphatic heterocycles. The number of rotatable bonds is 2. The molecule has 1 heterocycles. The predicted molar refractivity (Wildman–Crippen MR) is 77.4 cm³/mol. The van der Waals surface area contributed by atoms with Crippen LogP contribution in [-0.4, -0.2) is 25.3 Å². The number of hydrogen-bond donors (Lipinski definition) is 1. The van der Waals surface area contributed by atoms with Crippen LogP contribution in [0.15, 0.2) is 23.1 Å². The Morgan fingerprint density at radius 2 is 1.95 bits per heavy atom. The number of aryl methyl sites for hydroxylation is 1. The number of nitrogens with zero attached hydrogens (tertiary/aromatic N) is 1. The fourth-order valence-corrected chi connectivity index (χ4v) is 4.51. The lowest BCUT2D eigenvalue weighted by atomic mass is 10.1. The fourth-order valence-electron chi connectivity index (χ4n) is 2.67. The van der Waals surface area contributed by atoms with Gasteiger partial charge in [-0.1, -0.05) is 12.8 Å². The van der Waals surface area contributed by atoms with Gasteiger partial charge in [-0.3, -0.25) is 0 Å². The van der Waals surface area contributed by atoms with Crippen molar-refractivity contribution in [3.05, 3.63) is 23.8 Å². The van der Waals surface area contributed by atoms with E-state index < -0.39 is 10.0 Å². The minimum atomic E-state index is -3.43. The van der Waals surface area contributed by atoms with Crippen molar-refractivity contribution in [2.75, 3.05) is 12.3 Å². The van der Waals surface area contributed by atoms with Crippen LogP contribution < -0.4 is 5.73 Å². The van der Waals surface area contributed by atoms with Gasteiger partial charge in [0.05, 0.1) is 4.90 Å². The van der Waals surface area contributed by atoms with Crippen molar-refractivity contribution in [3.8, 4) is 0 Å². The molecule has 106 valence electrons. The van der Waals surface area contributed by atoms with Gasteiger partial charge in [-0.25, -0.2) is 8.42 Å². The summed E-state index contributed by atoms with van der Waals surface area (Å²) in [6.45, 7) is 4.46.